The van der Waals surface area contributed by atoms with Gasteiger partial charge in [0, 0.05) is 24.9 Å². The van der Waals surface area contributed by atoms with Crippen LogP contribution in [0.3, 0.4) is 0 Å². The summed E-state index contributed by atoms with van der Waals surface area (Å²) in [6.45, 7) is 0. The molecule has 2 rings (SSSR count). The van der Waals surface area contributed by atoms with E-state index in [1.807, 2.05) is 6.07 Å². The first kappa shape index (κ1) is 8.11. The van der Waals surface area contributed by atoms with E-state index in [0.717, 1.165) is 6.42 Å². The zero-order valence-corrected chi connectivity index (χ0v) is 7.77. The molecule has 1 heteroatoms. The predicted octanol–water partition coefficient (Wildman–Crippen LogP) is 2.97. The Morgan fingerprint density at radius 2 is 1.92 bits per heavy atom. The lowest BCUT2D eigenvalue weighted by molar-refractivity contribution is 1.05. The van der Waals surface area contributed by atoms with Crippen molar-refractivity contribution in [2.75, 3.05) is 11.9 Å². The van der Waals surface area contributed by atoms with E-state index >= 15 is 0 Å². The van der Waals surface area contributed by atoms with Crippen LogP contribution in [0, 0.1) is 0 Å². The van der Waals surface area contributed by atoms with Gasteiger partial charge in [-0.05, 0) is 18.2 Å². The molecule has 0 aliphatic heterocycles. The molecule has 0 fully saturated rings. The van der Waals surface area contributed by atoms with Crippen molar-refractivity contribution in [1.29, 1.82) is 0 Å². The Bertz CT molecular complexity index is 335. The third kappa shape index (κ3) is 1.64. The first-order chi connectivity index (χ1) is 6.38. The Morgan fingerprint density at radius 3 is 2.54 bits per heavy atom. The smallest absolute Gasteiger partial charge is 0.0405 e. The van der Waals surface area contributed by atoms with E-state index in [2.05, 4.69) is 54.4 Å². The van der Waals surface area contributed by atoms with Crippen molar-refractivity contribution < 1.29 is 0 Å². The number of anilines is 1. The summed E-state index contributed by atoms with van der Waals surface area (Å²) in [6, 6.07) is 10.4. The highest BCUT2D eigenvalue weighted by molar-refractivity contribution is 5.52. The molecule has 0 aromatic heterocycles. The molecule has 13 heavy (non-hydrogen) atoms. The summed E-state index contributed by atoms with van der Waals surface area (Å²) in [5.74, 6) is 0. The van der Waals surface area contributed by atoms with E-state index in [1.165, 1.54) is 11.4 Å². The fourth-order valence-electron chi connectivity index (χ4n) is 1.50. The van der Waals surface area contributed by atoms with Crippen molar-refractivity contribution in [3.8, 4) is 0 Å². The molecule has 1 aliphatic carbocycles. The van der Waals surface area contributed by atoms with Gasteiger partial charge in [0.25, 0.3) is 0 Å². The van der Waals surface area contributed by atoms with Crippen LogP contribution in [0.15, 0.2) is 54.3 Å². The van der Waals surface area contributed by atoms with Crippen LogP contribution < -0.4 is 4.90 Å². The van der Waals surface area contributed by atoms with Gasteiger partial charge in [0.15, 0.2) is 0 Å². The summed E-state index contributed by atoms with van der Waals surface area (Å²) >= 11 is 0. The standard InChI is InChI=1S/C12H13N/c1-13(12-9-5-6-10-12)11-7-3-2-4-8-11/h2-9H,10H2,1H3. The number of rotatable bonds is 2. The Morgan fingerprint density at radius 1 is 1.15 bits per heavy atom. The maximum Gasteiger partial charge on any atom is 0.0405 e. The minimum absolute atomic E-state index is 1.05. The zero-order chi connectivity index (χ0) is 9.10. The monoisotopic (exact) mass is 171 g/mol. The van der Waals surface area contributed by atoms with Crippen LogP contribution in [0.5, 0.6) is 0 Å². The third-order valence-electron chi connectivity index (χ3n) is 2.33. The molecule has 0 bridgehead atoms. The number of hydrogen-bond donors (Lipinski definition) is 0. The number of benzene rings is 1. The molecule has 0 amide bonds. The lowest BCUT2D eigenvalue weighted by Crippen LogP contribution is -2.14. The van der Waals surface area contributed by atoms with Gasteiger partial charge < -0.3 is 4.90 Å². The number of hydrogen-bond acceptors (Lipinski definition) is 1. The third-order valence-corrected chi connectivity index (χ3v) is 2.33. The number of allylic oxidation sites excluding steroid dienone is 3. The van der Waals surface area contributed by atoms with E-state index in [-0.39, 0.29) is 0 Å². The van der Waals surface area contributed by atoms with Crippen molar-refractivity contribution in [3.63, 3.8) is 0 Å². The fourth-order valence-corrected chi connectivity index (χ4v) is 1.50. The van der Waals surface area contributed by atoms with Gasteiger partial charge in [-0.1, -0.05) is 30.4 Å². The van der Waals surface area contributed by atoms with Gasteiger partial charge in [-0.2, -0.15) is 0 Å². The van der Waals surface area contributed by atoms with E-state index in [4.69, 9.17) is 0 Å². The highest BCUT2D eigenvalue weighted by atomic mass is 15.1. The normalized spacial score (nSPS) is 14.4. The summed E-state index contributed by atoms with van der Waals surface area (Å²) in [5.41, 5.74) is 2.60. The van der Waals surface area contributed by atoms with Gasteiger partial charge in [-0.15, -0.1) is 0 Å². The van der Waals surface area contributed by atoms with Gasteiger partial charge >= 0.3 is 0 Å². The molecule has 1 aromatic rings. The maximum atomic E-state index is 2.22. The Kier molecular flexibility index (Phi) is 2.17. The minimum Gasteiger partial charge on any atom is -0.348 e. The molecule has 1 aromatic carbocycles. The van der Waals surface area contributed by atoms with Gasteiger partial charge in [-0.3, -0.25) is 0 Å². The van der Waals surface area contributed by atoms with Crippen LogP contribution in [0.1, 0.15) is 6.42 Å². The molecule has 0 atom stereocenters. The molecule has 1 nitrogen and oxygen atoms in total. The first-order valence-electron chi connectivity index (χ1n) is 4.52. The summed E-state index contributed by atoms with van der Waals surface area (Å²) < 4.78 is 0. The highest BCUT2D eigenvalue weighted by Gasteiger charge is 2.06. The maximum absolute atomic E-state index is 2.22. The van der Waals surface area contributed by atoms with Gasteiger partial charge in [0.05, 0.1) is 0 Å². The van der Waals surface area contributed by atoms with E-state index in [9.17, 15) is 0 Å². The molecule has 66 valence electrons. The van der Waals surface area contributed by atoms with Crippen LogP contribution in [-0.4, -0.2) is 7.05 Å². The van der Waals surface area contributed by atoms with Gasteiger partial charge in [0.1, 0.15) is 0 Å². The van der Waals surface area contributed by atoms with Crippen LogP contribution in [0.25, 0.3) is 0 Å². The predicted molar refractivity (Wildman–Crippen MR) is 56.7 cm³/mol. The second-order valence-electron chi connectivity index (χ2n) is 3.18. The molecular weight excluding hydrogens is 158 g/mol. The van der Waals surface area contributed by atoms with E-state index in [0.29, 0.717) is 0 Å². The van der Waals surface area contributed by atoms with Gasteiger partial charge in [-0.25, -0.2) is 0 Å². The average Bonchev–Trinajstić information content (AvgIpc) is 2.71. The number of nitrogens with zero attached hydrogens (tertiary/aromatic N) is 1. The largest absolute Gasteiger partial charge is 0.348 e. The summed E-state index contributed by atoms with van der Waals surface area (Å²) in [6.07, 6.45) is 7.49. The minimum atomic E-state index is 1.05. The Labute approximate surface area is 79.0 Å². The Balaban J connectivity index is 2.18. The second-order valence-corrected chi connectivity index (χ2v) is 3.18. The molecule has 0 saturated carbocycles. The van der Waals surface area contributed by atoms with Crippen LogP contribution in [-0.2, 0) is 0 Å². The molecule has 0 saturated heterocycles. The van der Waals surface area contributed by atoms with Crippen molar-refractivity contribution in [2.24, 2.45) is 0 Å². The SMILES string of the molecule is CN(C1=CC=CC1)c1ccccc1. The molecule has 0 spiro atoms. The van der Waals surface area contributed by atoms with Crippen molar-refractivity contribution in [2.45, 2.75) is 6.42 Å². The summed E-state index contributed by atoms with van der Waals surface area (Å²) in [5, 5.41) is 0. The zero-order valence-electron chi connectivity index (χ0n) is 7.77. The molecule has 0 unspecified atom stereocenters. The first-order valence-corrected chi connectivity index (χ1v) is 4.52. The van der Waals surface area contributed by atoms with E-state index < -0.39 is 0 Å². The average molecular weight is 171 g/mol. The quantitative estimate of drug-likeness (QED) is 0.661. The van der Waals surface area contributed by atoms with Crippen LogP contribution >= 0.6 is 0 Å². The topological polar surface area (TPSA) is 3.24 Å². The Hall–Kier alpha value is -1.50. The fraction of sp³-hybridized carbons (Fsp3) is 0.167. The molecular formula is C12H13N. The van der Waals surface area contributed by atoms with Crippen LogP contribution in [0.4, 0.5) is 5.69 Å². The lowest BCUT2D eigenvalue weighted by atomic mass is 10.2. The summed E-state index contributed by atoms with van der Waals surface area (Å²) in [4.78, 5) is 2.22. The molecule has 0 heterocycles. The molecule has 1 aliphatic rings. The molecule has 0 radical (unpaired) electrons. The molecule has 0 N–H and O–H groups in total. The summed E-state index contributed by atoms with van der Waals surface area (Å²) in [7, 11) is 2.11. The highest BCUT2D eigenvalue weighted by Crippen LogP contribution is 2.21. The second kappa shape index (κ2) is 3.48. The number of para-hydroxylation sites is 1. The lowest BCUT2D eigenvalue weighted by Gasteiger charge is -2.20. The van der Waals surface area contributed by atoms with Crippen molar-refractivity contribution in [1.82, 2.24) is 0 Å². The van der Waals surface area contributed by atoms with Gasteiger partial charge in [0.2, 0.25) is 0 Å². The van der Waals surface area contributed by atoms with Crippen LogP contribution in [0.2, 0.25) is 0 Å². The van der Waals surface area contributed by atoms with E-state index in [1.54, 1.807) is 0 Å². The van der Waals surface area contributed by atoms with Crippen molar-refractivity contribution in [3.05, 3.63) is 54.3 Å². The van der Waals surface area contributed by atoms with Crippen molar-refractivity contribution >= 4 is 5.69 Å².